The second-order valence-electron chi connectivity index (χ2n) is 5.80. The number of piperazine rings is 1. The van der Waals surface area contributed by atoms with E-state index in [1.54, 1.807) is 12.3 Å². The van der Waals surface area contributed by atoms with Gasteiger partial charge >= 0.3 is 0 Å². The van der Waals surface area contributed by atoms with Gasteiger partial charge in [0.2, 0.25) is 5.91 Å². The molecular formula is C14H17Cl2N3O. The van der Waals surface area contributed by atoms with Crippen LogP contribution >= 0.6 is 23.2 Å². The summed E-state index contributed by atoms with van der Waals surface area (Å²) in [5.74, 6) is 1.05. The van der Waals surface area contributed by atoms with Gasteiger partial charge in [0.1, 0.15) is 5.82 Å². The molecule has 2 heterocycles. The van der Waals surface area contributed by atoms with Gasteiger partial charge in [0.25, 0.3) is 0 Å². The van der Waals surface area contributed by atoms with Crippen molar-refractivity contribution in [2.45, 2.75) is 19.8 Å². The lowest BCUT2D eigenvalue weighted by Crippen LogP contribution is -2.50. The summed E-state index contributed by atoms with van der Waals surface area (Å²) in [5, 5.41) is 1.10. The fourth-order valence-electron chi connectivity index (χ4n) is 2.54. The van der Waals surface area contributed by atoms with Crippen molar-refractivity contribution >= 4 is 34.9 Å². The Morgan fingerprint density at radius 2 is 1.90 bits per heavy atom. The smallest absolute Gasteiger partial charge is 0.228 e. The van der Waals surface area contributed by atoms with E-state index in [1.165, 1.54) is 0 Å². The van der Waals surface area contributed by atoms with Crippen molar-refractivity contribution in [3.8, 4) is 0 Å². The molecule has 0 unspecified atom stereocenters. The number of aromatic nitrogens is 1. The Labute approximate surface area is 128 Å². The number of amides is 1. The largest absolute Gasteiger partial charge is 0.352 e. The van der Waals surface area contributed by atoms with E-state index < -0.39 is 0 Å². The van der Waals surface area contributed by atoms with Crippen LogP contribution in [0.5, 0.6) is 0 Å². The van der Waals surface area contributed by atoms with Crippen molar-refractivity contribution < 1.29 is 4.79 Å². The lowest BCUT2D eigenvalue weighted by Gasteiger charge is -2.37. The van der Waals surface area contributed by atoms with Gasteiger partial charge in [-0.3, -0.25) is 4.79 Å². The predicted molar refractivity (Wildman–Crippen MR) is 80.4 cm³/mol. The number of nitrogens with zero attached hydrogens (tertiary/aromatic N) is 3. The molecule has 2 fully saturated rings. The SMILES string of the molecule is CC1(C(=O)N2CCN(c3ncc(Cl)cc3Cl)CC2)CC1. The van der Waals surface area contributed by atoms with Gasteiger partial charge in [-0.2, -0.15) is 0 Å². The maximum atomic E-state index is 12.3. The van der Waals surface area contributed by atoms with Crippen LogP contribution in [0.1, 0.15) is 19.8 Å². The van der Waals surface area contributed by atoms with Crippen LogP contribution in [0.2, 0.25) is 10.0 Å². The maximum Gasteiger partial charge on any atom is 0.228 e. The van der Waals surface area contributed by atoms with Gasteiger partial charge in [-0.15, -0.1) is 0 Å². The van der Waals surface area contributed by atoms with E-state index >= 15 is 0 Å². The summed E-state index contributed by atoms with van der Waals surface area (Å²) < 4.78 is 0. The van der Waals surface area contributed by atoms with Crippen LogP contribution in [-0.4, -0.2) is 42.0 Å². The van der Waals surface area contributed by atoms with Gasteiger partial charge in [0.05, 0.1) is 10.0 Å². The van der Waals surface area contributed by atoms with Crippen LogP contribution in [0.4, 0.5) is 5.82 Å². The Bertz CT molecular complexity index is 537. The molecule has 4 nitrogen and oxygen atoms in total. The van der Waals surface area contributed by atoms with E-state index in [-0.39, 0.29) is 5.41 Å². The molecular weight excluding hydrogens is 297 g/mol. The standard InChI is InChI=1S/C14H17Cl2N3O/c1-14(2-3-14)13(20)19-6-4-18(5-7-19)12-11(16)8-10(15)9-17-12/h8-9H,2-7H2,1H3. The molecule has 1 amide bonds. The van der Waals surface area contributed by atoms with Crippen molar-refractivity contribution in [3.63, 3.8) is 0 Å². The predicted octanol–water partition coefficient (Wildman–Crippen LogP) is 2.84. The summed E-state index contributed by atoms with van der Waals surface area (Å²) in [6, 6.07) is 1.70. The van der Waals surface area contributed by atoms with Crippen LogP contribution in [0.15, 0.2) is 12.3 Å². The lowest BCUT2D eigenvalue weighted by molar-refractivity contribution is -0.136. The highest BCUT2D eigenvalue weighted by molar-refractivity contribution is 6.36. The number of anilines is 1. The average Bonchev–Trinajstić information content (AvgIpc) is 3.18. The Balaban J connectivity index is 1.65. The first kappa shape index (κ1) is 14.0. The summed E-state index contributed by atoms with van der Waals surface area (Å²) in [4.78, 5) is 20.7. The summed E-state index contributed by atoms with van der Waals surface area (Å²) in [6.45, 7) is 5.04. The molecule has 0 aromatic carbocycles. The zero-order chi connectivity index (χ0) is 14.3. The molecule has 1 saturated carbocycles. The fraction of sp³-hybridized carbons (Fsp3) is 0.571. The average molecular weight is 314 g/mol. The molecule has 0 radical (unpaired) electrons. The van der Waals surface area contributed by atoms with Gasteiger partial charge in [0.15, 0.2) is 0 Å². The molecule has 0 bridgehead atoms. The van der Waals surface area contributed by atoms with E-state index in [4.69, 9.17) is 23.2 Å². The minimum absolute atomic E-state index is 0.0850. The molecule has 1 aliphatic heterocycles. The first-order valence-corrected chi connectivity index (χ1v) is 7.61. The third-order valence-corrected chi connectivity index (χ3v) is 4.66. The van der Waals surface area contributed by atoms with E-state index in [9.17, 15) is 4.79 Å². The third kappa shape index (κ3) is 2.59. The number of hydrogen-bond acceptors (Lipinski definition) is 3. The third-order valence-electron chi connectivity index (χ3n) is 4.17. The molecule has 0 spiro atoms. The molecule has 0 N–H and O–H groups in total. The number of pyridine rings is 1. The summed E-state index contributed by atoms with van der Waals surface area (Å²) >= 11 is 12.0. The highest BCUT2D eigenvalue weighted by atomic mass is 35.5. The Kier molecular flexibility index (Phi) is 3.55. The number of rotatable bonds is 2. The minimum atomic E-state index is -0.0850. The maximum absolute atomic E-state index is 12.3. The first-order chi connectivity index (χ1) is 9.49. The van der Waals surface area contributed by atoms with Crippen LogP contribution < -0.4 is 4.90 Å². The number of halogens is 2. The summed E-state index contributed by atoms with van der Waals surface area (Å²) in [7, 11) is 0. The number of carbonyl (C=O) groups is 1. The van der Waals surface area contributed by atoms with Gasteiger partial charge < -0.3 is 9.80 Å². The number of carbonyl (C=O) groups excluding carboxylic acids is 1. The normalized spacial score (nSPS) is 20.9. The van der Waals surface area contributed by atoms with Crippen molar-refractivity contribution in [1.82, 2.24) is 9.88 Å². The number of hydrogen-bond donors (Lipinski definition) is 0. The molecule has 1 aliphatic carbocycles. The highest BCUT2D eigenvalue weighted by Gasteiger charge is 2.47. The minimum Gasteiger partial charge on any atom is -0.352 e. The van der Waals surface area contributed by atoms with E-state index in [1.807, 2.05) is 4.90 Å². The molecule has 1 aromatic rings. The molecule has 3 rings (SSSR count). The molecule has 20 heavy (non-hydrogen) atoms. The molecule has 6 heteroatoms. The first-order valence-electron chi connectivity index (χ1n) is 6.85. The van der Waals surface area contributed by atoms with Crippen LogP contribution in [0.3, 0.4) is 0 Å². The summed E-state index contributed by atoms with van der Waals surface area (Å²) in [5.41, 5.74) is -0.0850. The second-order valence-corrected chi connectivity index (χ2v) is 6.64. The highest BCUT2D eigenvalue weighted by Crippen LogP contribution is 2.46. The molecule has 1 saturated heterocycles. The van der Waals surface area contributed by atoms with Gasteiger partial charge in [-0.1, -0.05) is 30.1 Å². The molecule has 108 valence electrons. The summed E-state index contributed by atoms with van der Waals surface area (Å²) in [6.07, 6.45) is 3.65. The van der Waals surface area contributed by atoms with E-state index in [0.717, 1.165) is 44.8 Å². The zero-order valence-electron chi connectivity index (χ0n) is 11.4. The topological polar surface area (TPSA) is 36.4 Å². The zero-order valence-corrected chi connectivity index (χ0v) is 12.9. The van der Waals surface area contributed by atoms with Gasteiger partial charge in [-0.25, -0.2) is 4.98 Å². The Morgan fingerprint density at radius 3 is 2.45 bits per heavy atom. The monoisotopic (exact) mass is 313 g/mol. The van der Waals surface area contributed by atoms with E-state index in [0.29, 0.717) is 16.0 Å². The van der Waals surface area contributed by atoms with Gasteiger partial charge in [-0.05, 0) is 18.9 Å². The van der Waals surface area contributed by atoms with Crippen LogP contribution in [-0.2, 0) is 4.79 Å². The van der Waals surface area contributed by atoms with E-state index in [2.05, 4.69) is 16.8 Å². The second kappa shape index (κ2) is 5.08. The molecule has 0 atom stereocenters. The molecule has 2 aliphatic rings. The Hall–Kier alpha value is -1.000. The van der Waals surface area contributed by atoms with Crippen molar-refractivity contribution in [2.75, 3.05) is 31.1 Å². The Morgan fingerprint density at radius 1 is 1.25 bits per heavy atom. The van der Waals surface area contributed by atoms with Crippen molar-refractivity contribution in [3.05, 3.63) is 22.3 Å². The van der Waals surface area contributed by atoms with Crippen LogP contribution in [0, 0.1) is 5.41 Å². The quantitative estimate of drug-likeness (QED) is 0.842. The van der Waals surface area contributed by atoms with Gasteiger partial charge in [0, 0.05) is 37.8 Å². The van der Waals surface area contributed by atoms with Crippen molar-refractivity contribution in [1.29, 1.82) is 0 Å². The van der Waals surface area contributed by atoms with Crippen molar-refractivity contribution in [2.24, 2.45) is 5.41 Å². The lowest BCUT2D eigenvalue weighted by atomic mass is 10.1. The van der Waals surface area contributed by atoms with Crippen LogP contribution in [0.25, 0.3) is 0 Å². The fourth-order valence-corrected chi connectivity index (χ4v) is 3.04. The molecule has 1 aromatic heterocycles.